The molecule has 1 amide bonds. The number of pyridine rings is 1. The number of amides is 1. The summed E-state index contributed by atoms with van der Waals surface area (Å²) < 4.78 is 11.1. The van der Waals surface area contributed by atoms with E-state index in [1.165, 1.54) is 0 Å². The number of aromatic nitrogens is 1. The third kappa shape index (κ3) is 7.95. The maximum atomic E-state index is 11.9. The Labute approximate surface area is 148 Å². The molecule has 25 heavy (non-hydrogen) atoms. The van der Waals surface area contributed by atoms with Gasteiger partial charge in [0.05, 0.1) is 31.1 Å². The smallest absolute Gasteiger partial charge is 0.243 e. The topological polar surface area (TPSA) is 96.9 Å². The SMILES string of the molecule is CN=C(NCCCOCC1CCCO1)NCC(=O)Nc1cccnc1. The van der Waals surface area contributed by atoms with Crippen molar-refractivity contribution in [2.24, 2.45) is 4.99 Å². The van der Waals surface area contributed by atoms with Crippen molar-refractivity contribution < 1.29 is 14.3 Å². The number of aliphatic imine (C=N–C) groups is 1. The van der Waals surface area contributed by atoms with Gasteiger partial charge in [0.15, 0.2) is 5.96 Å². The van der Waals surface area contributed by atoms with E-state index in [1.54, 1.807) is 31.6 Å². The summed E-state index contributed by atoms with van der Waals surface area (Å²) in [5.41, 5.74) is 0.667. The van der Waals surface area contributed by atoms with Crippen molar-refractivity contribution >= 4 is 17.6 Å². The van der Waals surface area contributed by atoms with Crippen LogP contribution in [-0.4, -0.2) is 62.9 Å². The molecule has 2 rings (SSSR count). The van der Waals surface area contributed by atoms with Gasteiger partial charge in [-0.2, -0.15) is 0 Å². The molecule has 0 aromatic carbocycles. The molecule has 138 valence electrons. The van der Waals surface area contributed by atoms with E-state index in [-0.39, 0.29) is 18.6 Å². The van der Waals surface area contributed by atoms with Crippen LogP contribution in [-0.2, 0) is 14.3 Å². The van der Waals surface area contributed by atoms with Crippen LogP contribution in [0.1, 0.15) is 19.3 Å². The van der Waals surface area contributed by atoms with E-state index in [4.69, 9.17) is 9.47 Å². The first-order valence-electron chi connectivity index (χ1n) is 8.61. The van der Waals surface area contributed by atoms with E-state index in [1.807, 2.05) is 0 Å². The summed E-state index contributed by atoms with van der Waals surface area (Å²) in [7, 11) is 1.67. The quantitative estimate of drug-likeness (QED) is 0.346. The minimum Gasteiger partial charge on any atom is -0.379 e. The van der Waals surface area contributed by atoms with E-state index >= 15 is 0 Å². The molecular weight excluding hydrogens is 322 g/mol. The second-order valence-corrected chi connectivity index (χ2v) is 5.71. The van der Waals surface area contributed by atoms with Crippen LogP contribution >= 0.6 is 0 Å². The zero-order valence-corrected chi connectivity index (χ0v) is 14.7. The van der Waals surface area contributed by atoms with Crippen LogP contribution in [0.4, 0.5) is 5.69 Å². The number of carbonyl (C=O) groups is 1. The van der Waals surface area contributed by atoms with E-state index in [0.29, 0.717) is 24.9 Å². The highest BCUT2D eigenvalue weighted by molar-refractivity contribution is 5.94. The molecule has 0 saturated carbocycles. The Kier molecular flexibility index (Phi) is 8.71. The maximum absolute atomic E-state index is 11.9. The molecule has 0 bridgehead atoms. The van der Waals surface area contributed by atoms with Gasteiger partial charge in [0.1, 0.15) is 0 Å². The van der Waals surface area contributed by atoms with Gasteiger partial charge in [-0.1, -0.05) is 0 Å². The zero-order valence-electron chi connectivity index (χ0n) is 14.7. The van der Waals surface area contributed by atoms with Gasteiger partial charge in [-0.15, -0.1) is 0 Å². The van der Waals surface area contributed by atoms with Crippen LogP contribution in [0.25, 0.3) is 0 Å². The monoisotopic (exact) mass is 349 g/mol. The van der Waals surface area contributed by atoms with Gasteiger partial charge in [0, 0.05) is 33.0 Å². The first-order valence-corrected chi connectivity index (χ1v) is 8.61. The van der Waals surface area contributed by atoms with Crippen molar-refractivity contribution in [3.8, 4) is 0 Å². The van der Waals surface area contributed by atoms with E-state index < -0.39 is 0 Å². The highest BCUT2D eigenvalue weighted by Crippen LogP contribution is 2.11. The second-order valence-electron chi connectivity index (χ2n) is 5.71. The van der Waals surface area contributed by atoms with Crippen LogP contribution in [0.3, 0.4) is 0 Å². The molecule has 8 heteroatoms. The molecule has 1 unspecified atom stereocenters. The fraction of sp³-hybridized carbons (Fsp3) is 0.588. The Morgan fingerprint density at radius 2 is 2.40 bits per heavy atom. The second kappa shape index (κ2) is 11.4. The predicted octanol–water partition coefficient (Wildman–Crippen LogP) is 0.771. The third-order valence-corrected chi connectivity index (χ3v) is 3.67. The molecule has 1 saturated heterocycles. The Balaban J connectivity index is 1.52. The third-order valence-electron chi connectivity index (χ3n) is 3.67. The molecule has 1 aliphatic heterocycles. The summed E-state index contributed by atoms with van der Waals surface area (Å²) >= 11 is 0. The lowest BCUT2D eigenvalue weighted by Gasteiger charge is -2.13. The van der Waals surface area contributed by atoms with Gasteiger partial charge < -0.3 is 25.4 Å². The number of carbonyl (C=O) groups excluding carboxylic acids is 1. The highest BCUT2D eigenvalue weighted by Gasteiger charge is 2.14. The average Bonchev–Trinajstić information content (AvgIpc) is 3.15. The number of nitrogens with one attached hydrogen (secondary N) is 3. The standard InChI is InChI=1S/C17H27N5O3/c1-18-17(20-8-4-9-24-13-15-6-3-10-25-15)21-12-16(23)22-14-5-2-7-19-11-14/h2,5,7,11,15H,3-4,6,8-10,12-13H2,1H3,(H,22,23)(H2,18,20,21). The molecule has 0 radical (unpaired) electrons. The molecule has 3 N–H and O–H groups in total. The van der Waals surface area contributed by atoms with Crippen LogP contribution < -0.4 is 16.0 Å². The largest absolute Gasteiger partial charge is 0.379 e. The molecule has 1 aromatic rings. The molecule has 8 nitrogen and oxygen atoms in total. The number of guanidine groups is 1. The number of nitrogens with zero attached hydrogens (tertiary/aromatic N) is 2. The van der Waals surface area contributed by atoms with Crippen molar-refractivity contribution in [1.29, 1.82) is 0 Å². The fourth-order valence-electron chi connectivity index (χ4n) is 2.40. The Morgan fingerprint density at radius 3 is 3.12 bits per heavy atom. The molecular formula is C17H27N5O3. The molecule has 0 aliphatic carbocycles. The molecule has 2 heterocycles. The predicted molar refractivity (Wildman–Crippen MR) is 96.6 cm³/mol. The van der Waals surface area contributed by atoms with E-state index in [2.05, 4.69) is 25.9 Å². The molecule has 1 atom stereocenters. The van der Waals surface area contributed by atoms with Gasteiger partial charge in [-0.3, -0.25) is 14.8 Å². The van der Waals surface area contributed by atoms with Crippen molar-refractivity contribution in [2.45, 2.75) is 25.4 Å². The first kappa shape index (κ1) is 19.1. The zero-order chi connectivity index (χ0) is 17.7. The lowest BCUT2D eigenvalue weighted by molar-refractivity contribution is -0.115. The highest BCUT2D eigenvalue weighted by atomic mass is 16.5. The maximum Gasteiger partial charge on any atom is 0.243 e. The first-order chi connectivity index (χ1) is 12.3. The van der Waals surface area contributed by atoms with Crippen LogP contribution in [0, 0.1) is 0 Å². The van der Waals surface area contributed by atoms with E-state index in [9.17, 15) is 4.79 Å². The summed E-state index contributed by atoms with van der Waals surface area (Å²) in [6.45, 7) is 3.04. The van der Waals surface area contributed by atoms with Crippen LogP contribution in [0.5, 0.6) is 0 Å². The molecule has 1 fully saturated rings. The molecule has 0 spiro atoms. The number of anilines is 1. The number of hydrogen-bond donors (Lipinski definition) is 3. The fourth-order valence-corrected chi connectivity index (χ4v) is 2.40. The lowest BCUT2D eigenvalue weighted by Crippen LogP contribution is -2.41. The summed E-state index contributed by atoms with van der Waals surface area (Å²) in [5, 5.41) is 8.88. The van der Waals surface area contributed by atoms with Crippen molar-refractivity contribution in [1.82, 2.24) is 15.6 Å². The molecule has 1 aliphatic rings. The van der Waals surface area contributed by atoms with Gasteiger partial charge in [0.2, 0.25) is 5.91 Å². The summed E-state index contributed by atoms with van der Waals surface area (Å²) in [6, 6.07) is 3.55. The number of rotatable bonds is 9. The van der Waals surface area contributed by atoms with Gasteiger partial charge in [-0.25, -0.2) is 0 Å². The van der Waals surface area contributed by atoms with Crippen molar-refractivity contribution in [3.05, 3.63) is 24.5 Å². The minimum absolute atomic E-state index is 0.129. The van der Waals surface area contributed by atoms with Crippen LogP contribution in [0.15, 0.2) is 29.5 Å². The van der Waals surface area contributed by atoms with E-state index in [0.717, 1.165) is 32.4 Å². The normalized spacial score (nSPS) is 17.3. The number of hydrogen-bond acceptors (Lipinski definition) is 5. The minimum atomic E-state index is -0.157. The van der Waals surface area contributed by atoms with Crippen molar-refractivity contribution in [2.75, 3.05) is 45.3 Å². The van der Waals surface area contributed by atoms with Gasteiger partial charge >= 0.3 is 0 Å². The van der Waals surface area contributed by atoms with Gasteiger partial charge in [-0.05, 0) is 31.4 Å². The molecule has 1 aromatic heterocycles. The Morgan fingerprint density at radius 1 is 1.48 bits per heavy atom. The Hall–Kier alpha value is -2.19. The Bertz CT molecular complexity index is 532. The summed E-state index contributed by atoms with van der Waals surface area (Å²) in [6.07, 6.45) is 6.60. The van der Waals surface area contributed by atoms with Crippen molar-refractivity contribution in [3.63, 3.8) is 0 Å². The summed E-state index contributed by atoms with van der Waals surface area (Å²) in [5.74, 6) is 0.427. The number of ether oxygens (including phenoxy) is 2. The average molecular weight is 349 g/mol. The lowest BCUT2D eigenvalue weighted by atomic mass is 10.2. The summed E-state index contributed by atoms with van der Waals surface area (Å²) in [4.78, 5) is 19.9. The van der Waals surface area contributed by atoms with Gasteiger partial charge in [0.25, 0.3) is 0 Å². The van der Waals surface area contributed by atoms with Crippen LogP contribution in [0.2, 0.25) is 0 Å².